The Labute approximate surface area is 122 Å². The van der Waals surface area contributed by atoms with E-state index in [1.54, 1.807) is 12.1 Å². The standard InChI is InChI=1S/C15H14ClNO3/c1-19-14-11(7-8-13(17-14)15(18)20-2)9-10-5-3-4-6-12(10)16/h3-8H,9H2,1-2H3. The van der Waals surface area contributed by atoms with E-state index in [1.165, 1.54) is 14.2 Å². The van der Waals surface area contributed by atoms with Crippen molar-refractivity contribution in [2.75, 3.05) is 14.2 Å². The number of ether oxygens (including phenoxy) is 2. The Balaban J connectivity index is 2.33. The van der Waals surface area contributed by atoms with Gasteiger partial charge in [-0.25, -0.2) is 9.78 Å². The number of carbonyl (C=O) groups is 1. The fraction of sp³-hybridized carbons (Fsp3) is 0.200. The number of aromatic nitrogens is 1. The first kappa shape index (κ1) is 14.3. The number of pyridine rings is 1. The van der Waals surface area contributed by atoms with Crippen molar-refractivity contribution < 1.29 is 14.3 Å². The first-order valence-corrected chi connectivity index (χ1v) is 6.39. The topological polar surface area (TPSA) is 48.4 Å². The molecule has 0 unspecified atom stereocenters. The fourth-order valence-electron chi connectivity index (χ4n) is 1.85. The molecule has 0 spiro atoms. The fourth-order valence-corrected chi connectivity index (χ4v) is 2.05. The molecule has 2 aromatic rings. The smallest absolute Gasteiger partial charge is 0.356 e. The third-order valence-electron chi connectivity index (χ3n) is 2.87. The predicted molar refractivity (Wildman–Crippen MR) is 76.4 cm³/mol. The molecule has 1 aromatic heterocycles. The second-order valence-corrected chi connectivity index (χ2v) is 4.53. The molecule has 1 heterocycles. The molecule has 20 heavy (non-hydrogen) atoms. The van der Waals surface area contributed by atoms with Crippen molar-refractivity contribution in [2.24, 2.45) is 0 Å². The van der Waals surface area contributed by atoms with E-state index in [9.17, 15) is 4.79 Å². The highest BCUT2D eigenvalue weighted by atomic mass is 35.5. The number of benzene rings is 1. The van der Waals surface area contributed by atoms with Crippen LogP contribution in [-0.4, -0.2) is 25.2 Å². The minimum Gasteiger partial charge on any atom is -0.481 e. The van der Waals surface area contributed by atoms with Gasteiger partial charge in [-0.1, -0.05) is 35.9 Å². The van der Waals surface area contributed by atoms with Crippen molar-refractivity contribution in [2.45, 2.75) is 6.42 Å². The van der Waals surface area contributed by atoms with Crippen molar-refractivity contribution in [3.63, 3.8) is 0 Å². The van der Waals surface area contributed by atoms with E-state index in [-0.39, 0.29) is 5.69 Å². The zero-order valence-corrected chi connectivity index (χ0v) is 12.0. The van der Waals surface area contributed by atoms with E-state index < -0.39 is 5.97 Å². The van der Waals surface area contributed by atoms with E-state index >= 15 is 0 Å². The molecule has 0 aliphatic carbocycles. The number of nitrogens with zero attached hydrogens (tertiary/aromatic N) is 1. The zero-order valence-electron chi connectivity index (χ0n) is 11.2. The lowest BCUT2D eigenvalue weighted by Crippen LogP contribution is -2.07. The quantitative estimate of drug-likeness (QED) is 0.812. The normalized spacial score (nSPS) is 10.2. The van der Waals surface area contributed by atoms with Crippen LogP contribution in [0.3, 0.4) is 0 Å². The molecule has 0 aliphatic heterocycles. The summed E-state index contributed by atoms with van der Waals surface area (Å²) in [5, 5.41) is 0.687. The maximum Gasteiger partial charge on any atom is 0.356 e. The van der Waals surface area contributed by atoms with Crippen LogP contribution in [0.5, 0.6) is 5.88 Å². The molecule has 1 aromatic carbocycles. The van der Waals surface area contributed by atoms with Crippen LogP contribution in [0, 0.1) is 0 Å². The lowest BCUT2D eigenvalue weighted by molar-refractivity contribution is 0.0593. The van der Waals surface area contributed by atoms with Crippen LogP contribution in [0.4, 0.5) is 0 Å². The summed E-state index contributed by atoms with van der Waals surface area (Å²) in [7, 11) is 2.83. The highest BCUT2D eigenvalue weighted by molar-refractivity contribution is 6.31. The van der Waals surface area contributed by atoms with Crippen LogP contribution in [0.1, 0.15) is 21.6 Å². The van der Waals surface area contributed by atoms with E-state index in [4.69, 9.17) is 16.3 Å². The Hall–Kier alpha value is -2.07. The minimum atomic E-state index is -0.493. The Morgan fingerprint density at radius 1 is 1.15 bits per heavy atom. The van der Waals surface area contributed by atoms with Gasteiger partial charge in [-0.15, -0.1) is 0 Å². The van der Waals surface area contributed by atoms with E-state index in [2.05, 4.69) is 9.72 Å². The van der Waals surface area contributed by atoms with Crippen LogP contribution in [0.25, 0.3) is 0 Å². The van der Waals surface area contributed by atoms with Gasteiger partial charge in [-0.2, -0.15) is 0 Å². The van der Waals surface area contributed by atoms with Crippen LogP contribution in [0.2, 0.25) is 5.02 Å². The zero-order chi connectivity index (χ0) is 14.5. The molecule has 0 saturated carbocycles. The number of esters is 1. The highest BCUT2D eigenvalue weighted by Crippen LogP contribution is 2.24. The van der Waals surface area contributed by atoms with E-state index in [0.717, 1.165) is 11.1 Å². The van der Waals surface area contributed by atoms with Crippen LogP contribution in [0.15, 0.2) is 36.4 Å². The summed E-state index contributed by atoms with van der Waals surface area (Å²) >= 11 is 6.14. The number of hydrogen-bond donors (Lipinski definition) is 0. The minimum absolute atomic E-state index is 0.215. The van der Waals surface area contributed by atoms with Crippen molar-refractivity contribution in [3.8, 4) is 5.88 Å². The second kappa shape index (κ2) is 6.39. The maximum atomic E-state index is 11.4. The molecule has 0 atom stereocenters. The van der Waals surface area contributed by atoms with Gasteiger partial charge in [0.05, 0.1) is 14.2 Å². The van der Waals surface area contributed by atoms with Crippen molar-refractivity contribution in [1.82, 2.24) is 4.98 Å². The van der Waals surface area contributed by atoms with Gasteiger partial charge in [0.2, 0.25) is 5.88 Å². The average Bonchev–Trinajstić information content (AvgIpc) is 2.49. The molecule has 0 fully saturated rings. The molecule has 0 aliphatic rings. The molecule has 0 saturated heterocycles. The third kappa shape index (κ3) is 3.08. The first-order chi connectivity index (χ1) is 9.65. The number of rotatable bonds is 4. The summed E-state index contributed by atoms with van der Waals surface area (Å²) in [6, 6.07) is 11.0. The molecule has 4 nitrogen and oxygen atoms in total. The van der Waals surface area contributed by atoms with Crippen LogP contribution >= 0.6 is 11.6 Å². The van der Waals surface area contributed by atoms with Gasteiger partial charge in [0, 0.05) is 17.0 Å². The first-order valence-electron chi connectivity index (χ1n) is 6.01. The second-order valence-electron chi connectivity index (χ2n) is 4.12. The summed E-state index contributed by atoms with van der Waals surface area (Å²) in [4.78, 5) is 15.6. The van der Waals surface area contributed by atoms with Gasteiger partial charge in [-0.3, -0.25) is 0 Å². The van der Waals surface area contributed by atoms with Gasteiger partial charge >= 0.3 is 5.97 Å². The molecule has 0 amide bonds. The Bertz CT molecular complexity index is 628. The van der Waals surface area contributed by atoms with Gasteiger partial charge in [-0.05, 0) is 17.7 Å². The van der Waals surface area contributed by atoms with Crippen molar-refractivity contribution in [3.05, 3.63) is 58.2 Å². The largest absolute Gasteiger partial charge is 0.481 e. The van der Waals surface area contributed by atoms with Crippen LogP contribution in [-0.2, 0) is 11.2 Å². The third-order valence-corrected chi connectivity index (χ3v) is 3.23. The Morgan fingerprint density at radius 3 is 2.55 bits per heavy atom. The maximum absolute atomic E-state index is 11.4. The molecular weight excluding hydrogens is 278 g/mol. The van der Waals surface area contributed by atoms with Crippen LogP contribution < -0.4 is 4.74 Å². The average molecular weight is 292 g/mol. The van der Waals surface area contributed by atoms with Crippen molar-refractivity contribution >= 4 is 17.6 Å². The van der Waals surface area contributed by atoms with Gasteiger partial charge in [0.1, 0.15) is 0 Å². The highest BCUT2D eigenvalue weighted by Gasteiger charge is 2.13. The van der Waals surface area contributed by atoms with Gasteiger partial charge in [0.25, 0.3) is 0 Å². The monoisotopic (exact) mass is 291 g/mol. The Morgan fingerprint density at radius 2 is 1.90 bits per heavy atom. The summed E-state index contributed by atoms with van der Waals surface area (Å²) in [5.74, 6) is -0.0968. The number of halogens is 1. The predicted octanol–water partition coefficient (Wildman–Crippen LogP) is 3.12. The lowest BCUT2D eigenvalue weighted by Gasteiger charge is -2.10. The van der Waals surface area contributed by atoms with E-state index in [1.807, 2.05) is 24.3 Å². The molecule has 104 valence electrons. The lowest BCUT2D eigenvalue weighted by atomic mass is 10.1. The summed E-state index contributed by atoms with van der Waals surface area (Å²) in [5.41, 5.74) is 2.04. The molecule has 5 heteroatoms. The molecule has 0 bridgehead atoms. The van der Waals surface area contributed by atoms with Gasteiger partial charge < -0.3 is 9.47 Å². The summed E-state index contributed by atoms with van der Waals surface area (Å²) in [6.45, 7) is 0. The molecule has 2 rings (SSSR count). The number of methoxy groups -OCH3 is 2. The van der Waals surface area contributed by atoms with Gasteiger partial charge in [0.15, 0.2) is 5.69 Å². The molecule has 0 N–H and O–H groups in total. The van der Waals surface area contributed by atoms with Crippen molar-refractivity contribution in [1.29, 1.82) is 0 Å². The number of carbonyl (C=O) groups excluding carboxylic acids is 1. The Kier molecular flexibility index (Phi) is 4.58. The summed E-state index contributed by atoms with van der Waals surface area (Å²) < 4.78 is 9.87. The molecule has 0 radical (unpaired) electrons. The molecular formula is C15H14ClNO3. The number of hydrogen-bond acceptors (Lipinski definition) is 4. The summed E-state index contributed by atoms with van der Waals surface area (Å²) in [6.07, 6.45) is 0.581. The SMILES string of the molecule is COC(=O)c1ccc(Cc2ccccc2Cl)c(OC)n1. The van der Waals surface area contributed by atoms with E-state index in [0.29, 0.717) is 17.3 Å².